The summed E-state index contributed by atoms with van der Waals surface area (Å²) in [5.74, 6) is 1.59. The maximum Gasteiger partial charge on any atom is 0.216 e. The Labute approximate surface area is 97.1 Å². The lowest BCUT2D eigenvalue weighted by Gasteiger charge is -2.10. The van der Waals surface area contributed by atoms with Crippen molar-refractivity contribution >= 4 is 11.9 Å². The number of carbonyl (C=O) groups is 1. The first-order valence-corrected chi connectivity index (χ1v) is 5.92. The molecule has 5 heteroatoms. The van der Waals surface area contributed by atoms with E-state index in [9.17, 15) is 4.79 Å². The lowest BCUT2D eigenvalue weighted by molar-refractivity contribution is -0.118. The molecule has 16 heavy (non-hydrogen) atoms. The smallest absolute Gasteiger partial charge is 0.216 e. The van der Waals surface area contributed by atoms with E-state index in [1.807, 2.05) is 6.92 Å². The molecule has 0 bridgehead atoms. The predicted octanol–water partition coefficient (Wildman–Crippen LogP) is 0.0860. The number of amides is 1. The van der Waals surface area contributed by atoms with Crippen LogP contribution in [0.5, 0.6) is 0 Å². The standard InChI is InChI=1S/C11H22N4O/c1-4-12-11(15-10-7-8(10)2)14-6-5-13-9(3)16/h8,10H,4-7H2,1-3H3,(H,13,16)(H2,12,14,15). The summed E-state index contributed by atoms with van der Waals surface area (Å²) in [5, 5.41) is 9.26. The monoisotopic (exact) mass is 226 g/mol. The number of guanidine groups is 1. The van der Waals surface area contributed by atoms with Crippen molar-refractivity contribution in [1.29, 1.82) is 0 Å². The molecule has 0 heterocycles. The van der Waals surface area contributed by atoms with Gasteiger partial charge in [-0.1, -0.05) is 6.92 Å². The molecule has 0 saturated heterocycles. The van der Waals surface area contributed by atoms with Crippen LogP contribution in [0.4, 0.5) is 0 Å². The minimum atomic E-state index is -0.0102. The lowest BCUT2D eigenvalue weighted by Crippen LogP contribution is -2.39. The SMILES string of the molecule is CCNC(=NCCNC(C)=O)NC1CC1C. The number of aliphatic imine (C=N–C) groups is 1. The van der Waals surface area contributed by atoms with Gasteiger partial charge in [-0.3, -0.25) is 9.79 Å². The Morgan fingerprint density at radius 1 is 1.44 bits per heavy atom. The summed E-state index contributed by atoms with van der Waals surface area (Å²) in [5.41, 5.74) is 0. The van der Waals surface area contributed by atoms with E-state index in [0.717, 1.165) is 18.4 Å². The molecule has 1 amide bonds. The fourth-order valence-corrected chi connectivity index (χ4v) is 1.42. The molecule has 2 atom stereocenters. The maximum atomic E-state index is 10.7. The van der Waals surface area contributed by atoms with Gasteiger partial charge in [0.25, 0.3) is 0 Å². The summed E-state index contributed by atoms with van der Waals surface area (Å²) >= 11 is 0. The largest absolute Gasteiger partial charge is 0.357 e. The van der Waals surface area contributed by atoms with Crippen molar-refractivity contribution in [2.24, 2.45) is 10.9 Å². The Balaban J connectivity index is 2.24. The first-order valence-electron chi connectivity index (χ1n) is 5.92. The van der Waals surface area contributed by atoms with Gasteiger partial charge in [0.2, 0.25) is 5.91 Å². The van der Waals surface area contributed by atoms with Crippen LogP contribution in [0.15, 0.2) is 4.99 Å². The second kappa shape index (κ2) is 6.35. The summed E-state index contributed by atoms with van der Waals surface area (Å²) in [4.78, 5) is 15.0. The molecule has 1 fully saturated rings. The average Bonchev–Trinajstić information content (AvgIpc) is 2.89. The van der Waals surface area contributed by atoms with E-state index in [1.54, 1.807) is 0 Å². The highest BCUT2D eigenvalue weighted by Crippen LogP contribution is 2.28. The van der Waals surface area contributed by atoms with Crippen molar-refractivity contribution in [2.45, 2.75) is 33.2 Å². The van der Waals surface area contributed by atoms with Gasteiger partial charge in [0.05, 0.1) is 6.54 Å². The Morgan fingerprint density at radius 3 is 2.62 bits per heavy atom. The average molecular weight is 226 g/mol. The van der Waals surface area contributed by atoms with Crippen LogP contribution in [-0.4, -0.2) is 37.5 Å². The molecule has 0 aromatic heterocycles. The molecule has 0 aromatic rings. The van der Waals surface area contributed by atoms with Crippen molar-refractivity contribution in [3.8, 4) is 0 Å². The number of rotatable bonds is 5. The highest BCUT2D eigenvalue weighted by Gasteiger charge is 2.33. The van der Waals surface area contributed by atoms with Gasteiger partial charge in [-0.2, -0.15) is 0 Å². The molecule has 1 saturated carbocycles. The van der Waals surface area contributed by atoms with Crippen LogP contribution in [0.25, 0.3) is 0 Å². The Morgan fingerprint density at radius 2 is 2.12 bits per heavy atom. The minimum absolute atomic E-state index is 0.0102. The first kappa shape index (κ1) is 12.8. The minimum Gasteiger partial charge on any atom is -0.357 e. The molecule has 0 spiro atoms. The van der Waals surface area contributed by atoms with Crippen LogP contribution in [0.2, 0.25) is 0 Å². The number of nitrogens with one attached hydrogen (secondary N) is 3. The van der Waals surface area contributed by atoms with Crippen LogP contribution >= 0.6 is 0 Å². The first-order chi connectivity index (χ1) is 7.63. The van der Waals surface area contributed by atoms with Crippen LogP contribution in [-0.2, 0) is 4.79 Å². The fourth-order valence-electron chi connectivity index (χ4n) is 1.42. The summed E-state index contributed by atoms with van der Waals surface area (Å²) in [7, 11) is 0. The Kier molecular flexibility index (Phi) is 5.08. The quantitative estimate of drug-likeness (QED) is 0.353. The normalized spacial score (nSPS) is 23.8. The number of nitrogens with zero attached hydrogens (tertiary/aromatic N) is 1. The second-order valence-corrected chi connectivity index (χ2v) is 4.21. The summed E-state index contributed by atoms with van der Waals surface area (Å²) < 4.78 is 0. The molecule has 1 rings (SSSR count). The summed E-state index contributed by atoms with van der Waals surface area (Å²) in [6.45, 7) is 7.83. The third-order valence-corrected chi connectivity index (χ3v) is 2.53. The van der Waals surface area contributed by atoms with Crippen LogP contribution < -0.4 is 16.0 Å². The van der Waals surface area contributed by atoms with Crippen molar-refractivity contribution in [2.75, 3.05) is 19.6 Å². The topological polar surface area (TPSA) is 65.5 Å². The summed E-state index contributed by atoms with van der Waals surface area (Å²) in [6, 6.07) is 0.568. The van der Waals surface area contributed by atoms with Gasteiger partial charge in [-0.25, -0.2) is 0 Å². The molecule has 0 aromatic carbocycles. The van der Waals surface area contributed by atoms with E-state index in [4.69, 9.17) is 0 Å². The van der Waals surface area contributed by atoms with Gasteiger partial charge in [0, 0.05) is 26.1 Å². The van der Waals surface area contributed by atoms with Gasteiger partial charge in [-0.05, 0) is 19.3 Å². The Hall–Kier alpha value is -1.26. The Bertz CT molecular complexity index is 265. The molecular weight excluding hydrogens is 204 g/mol. The molecule has 1 aliphatic rings. The van der Waals surface area contributed by atoms with E-state index in [2.05, 4.69) is 27.9 Å². The molecule has 0 aliphatic heterocycles. The molecule has 92 valence electrons. The molecule has 3 N–H and O–H groups in total. The number of hydrogen-bond donors (Lipinski definition) is 3. The van der Waals surface area contributed by atoms with Gasteiger partial charge >= 0.3 is 0 Å². The molecule has 5 nitrogen and oxygen atoms in total. The zero-order valence-electron chi connectivity index (χ0n) is 10.3. The van der Waals surface area contributed by atoms with Gasteiger partial charge in [0.15, 0.2) is 5.96 Å². The van der Waals surface area contributed by atoms with Gasteiger partial charge < -0.3 is 16.0 Å². The zero-order valence-corrected chi connectivity index (χ0v) is 10.3. The van der Waals surface area contributed by atoms with Crippen molar-refractivity contribution in [3.05, 3.63) is 0 Å². The van der Waals surface area contributed by atoms with E-state index in [-0.39, 0.29) is 5.91 Å². The highest BCUT2D eigenvalue weighted by molar-refractivity contribution is 5.80. The van der Waals surface area contributed by atoms with E-state index in [0.29, 0.717) is 19.1 Å². The number of hydrogen-bond acceptors (Lipinski definition) is 2. The van der Waals surface area contributed by atoms with E-state index in [1.165, 1.54) is 13.3 Å². The fraction of sp³-hybridized carbons (Fsp3) is 0.818. The van der Waals surface area contributed by atoms with E-state index >= 15 is 0 Å². The van der Waals surface area contributed by atoms with Gasteiger partial charge in [-0.15, -0.1) is 0 Å². The zero-order chi connectivity index (χ0) is 12.0. The van der Waals surface area contributed by atoms with Crippen LogP contribution in [0.1, 0.15) is 27.2 Å². The van der Waals surface area contributed by atoms with Crippen molar-refractivity contribution in [1.82, 2.24) is 16.0 Å². The molecular formula is C11H22N4O. The number of carbonyl (C=O) groups excluding carboxylic acids is 1. The molecule has 1 aliphatic carbocycles. The third kappa shape index (κ3) is 5.00. The van der Waals surface area contributed by atoms with Gasteiger partial charge in [0.1, 0.15) is 0 Å². The molecule has 0 radical (unpaired) electrons. The predicted molar refractivity (Wildman–Crippen MR) is 65.4 cm³/mol. The highest BCUT2D eigenvalue weighted by atomic mass is 16.1. The third-order valence-electron chi connectivity index (χ3n) is 2.53. The maximum absolute atomic E-state index is 10.7. The van der Waals surface area contributed by atoms with Crippen LogP contribution in [0.3, 0.4) is 0 Å². The van der Waals surface area contributed by atoms with Crippen LogP contribution in [0, 0.1) is 5.92 Å². The van der Waals surface area contributed by atoms with E-state index < -0.39 is 0 Å². The second-order valence-electron chi connectivity index (χ2n) is 4.21. The molecule has 2 unspecified atom stereocenters. The lowest BCUT2D eigenvalue weighted by atomic mass is 10.5. The summed E-state index contributed by atoms with van der Waals surface area (Å²) in [6.07, 6.45) is 1.22. The van der Waals surface area contributed by atoms with Crippen molar-refractivity contribution in [3.63, 3.8) is 0 Å². The van der Waals surface area contributed by atoms with Crippen molar-refractivity contribution < 1.29 is 4.79 Å².